The molecule has 1 N–H and O–H groups in total. The fourth-order valence-electron chi connectivity index (χ4n) is 2.05. The molecular weight excluding hydrogens is 289 g/mol. The molecule has 0 saturated heterocycles. The summed E-state index contributed by atoms with van der Waals surface area (Å²) in [6.45, 7) is 3.50. The molecule has 1 atom stereocenters. The molecule has 0 bridgehead atoms. The Morgan fingerprint density at radius 1 is 1.24 bits per heavy atom. The molecule has 0 spiro atoms. The van der Waals surface area contributed by atoms with Crippen LogP contribution in [0.4, 0.5) is 4.39 Å². The van der Waals surface area contributed by atoms with E-state index in [4.69, 9.17) is 11.6 Å². The summed E-state index contributed by atoms with van der Waals surface area (Å²) >= 11 is 6.04. The van der Waals surface area contributed by atoms with Crippen LogP contribution in [0, 0.1) is 12.7 Å². The normalized spacial score (nSPS) is 13.5. The van der Waals surface area contributed by atoms with Crippen molar-refractivity contribution in [1.82, 2.24) is 5.32 Å². The third-order valence-electron chi connectivity index (χ3n) is 3.50. The van der Waals surface area contributed by atoms with Crippen LogP contribution < -0.4 is 5.32 Å². The lowest BCUT2D eigenvalue weighted by Crippen LogP contribution is -2.45. The number of alkyl halides is 1. The van der Waals surface area contributed by atoms with E-state index < -0.39 is 11.4 Å². The molecule has 0 saturated carbocycles. The van der Waals surface area contributed by atoms with Crippen LogP contribution in [-0.4, -0.2) is 11.8 Å². The average molecular weight is 306 g/mol. The second kappa shape index (κ2) is 6.27. The predicted octanol–water partition coefficient (Wildman–Crippen LogP) is 4.02. The van der Waals surface area contributed by atoms with Gasteiger partial charge in [0, 0.05) is 11.4 Å². The van der Waals surface area contributed by atoms with E-state index in [1.807, 2.05) is 37.3 Å². The van der Waals surface area contributed by atoms with Gasteiger partial charge in [-0.2, -0.15) is 0 Å². The van der Waals surface area contributed by atoms with E-state index in [2.05, 4.69) is 5.32 Å². The first kappa shape index (κ1) is 15.5. The first-order valence-corrected chi connectivity index (χ1v) is 7.20. The molecular formula is C17H17ClFNO. The van der Waals surface area contributed by atoms with Gasteiger partial charge in [-0.1, -0.05) is 36.4 Å². The van der Waals surface area contributed by atoms with Crippen molar-refractivity contribution in [2.75, 3.05) is 5.88 Å². The Morgan fingerprint density at radius 3 is 2.48 bits per heavy atom. The van der Waals surface area contributed by atoms with Crippen LogP contribution in [0.15, 0.2) is 48.5 Å². The summed E-state index contributed by atoms with van der Waals surface area (Å²) in [6.07, 6.45) is 0. The zero-order valence-corrected chi connectivity index (χ0v) is 12.7. The van der Waals surface area contributed by atoms with Gasteiger partial charge in [-0.25, -0.2) is 4.39 Å². The first-order valence-electron chi connectivity index (χ1n) is 6.66. The Morgan fingerprint density at radius 2 is 1.90 bits per heavy atom. The predicted molar refractivity (Wildman–Crippen MR) is 83.1 cm³/mol. The standard InChI is InChI=1S/C17H17ClFNO/c1-12-8-9-13(10-15(12)19)16(21)20-17(2,11-18)14-6-4-3-5-7-14/h3-10H,11H2,1-2H3,(H,20,21). The van der Waals surface area contributed by atoms with Gasteiger partial charge >= 0.3 is 0 Å². The van der Waals surface area contributed by atoms with Gasteiger partial charge < -0.3 is 5.32 Å². The summed E-state index contributed by atoms with van der Waals surface area (Å²) in [7, 11) is 0. The Hall–Kier alpha value is -1.87. The van der Waals surface area contributed by atoms with Crippen molar-refractivity contribution in [3.05, 3.63) is 71.0 Å². The molecule has 1 unspecified atom stereocenters. The van der Waals surface area contributed by atoms with Crippen molar-refractivity contribution in [3.8, 4) is 0 Å². The van der Waals surface area contributed by atoms with Gasteiger partial charge in [-0.15, -0.1) is 11.6 Å². The summed E-state index contributed by atoms with van der Waals surface area (Å²) in [5.74, 6) is -0.521. The van der Waals surface area contributed by atoms with Gasteiger partial charge in [0.15, 0.2) is 0 Å². The monoisotopic (exact) mass is 305 g/mol. The number of benzene rings is 2. The number of nitrogens with one attached hydrogen (secondary N) is 1. The van der Waals surface area contributed by atoms with Crippen molar-refractivity contribution in [3.63, 3.8) is 0 Å². The zero-order valence-electron chi connectivity index (χ0n) is 12.0. The third-order valence-corrected chi connectivity index (χ3v) is 4.04. The molecule has 0 aromatic heterocycles. The minimum Gasteiger partial charge on any atom is -0.342 e. The number of amides is 1. The molecule has 0 heterocycles. The van der Waals surface area contributed by atoms with Gasteiger partial charge in [-0.3, -0.25) is 4.79 Å². The molecule has 2 aromatic carbocycles. The summed E-state index contributed by atoms with van der Waals surface area (Å²) in [6, 6.07) is 13.9. The Bertz CT molecular complexity index is 644. The number of hydrogen-bond acceptors (Lipinski definition) is 1. The molecule has 2 aromatic rings. The quantitative estimate of drug-likeness (QED) is 0.849. The highest BCUT2D eigenvalue weighted by atomic mass is 35.5. The largest absolute Gasteiger partial charge is 0.342 e. The summed E-state index contributed by atoms with van der Waals surface area (Å²) in [5.41, 5.74) is 0.988. The SMILES string of the molecule is Cc1ccc(C(=O)NC(C)(CCl)c2ccccc2)cc1F. The minimum atomic E-state index is -0.707. The molecule has 2 nitrogen and oxygen atoms in total. The van der Waals surface area contributed by atoms with Crippen molar-refractivity contribution in [2.45, 2.75) is 19.4 Å². The van der Waals surface area contributed by atoms with E-state index in [1.54, 1.807) is 19.1 Å². The minimum absolute atomic E-state index is 0.219. The van der Waals surface area contributed by atoms with E-state index in [9.17, 15) is 9.18 Å². The van der Waals surface area contributed by atoms with Crippen LogP contribution in [0.2, 0.25) is 0 Å². The van der Waals surface area contributed by atoms with Gasteiger partial charge in [0.25, 0.3) is 5.91 Å². The second-order valence-corrected chi connectivity index (χ2v) is 5.52. The fraction of sp³-hybridized carbons (Fsp3) is 0.235. The molecule has 2 rings (SSSR count). The van der Waals surface area contributed by atoms with Crippen LogP contribution in [0.25, 0.3) is 0 Å². The summed E-state index contributed by atoms with van der Waals surface area (Å²) in [5, 5.41) is 2.88. The number of aryl methyl sites for hydroxylation is 1. The molecule has 0 aliphatic heterocycles. The summed E-state index contributed by atoms with van der Waals surface area (Å²) < 4.78 is 13.6. The Balaban J connectivity index is 2.26. The lowest BCUT2D eigenvalue weighted by Gasteiger charge is -2.29. The average Bonchev–Trinajstić information content (AvgIpc) is 2.50. The van der Waals surface area contributed by atoms with Gasteiger partial charge in [0.1, 0.15) is 5.82 Å². The number of halogens is 2. The first-order chi connectivity index (χ1) is 9.96. The number of hydrogen-bond donors (Lipinski definition) is 1. The molecule has 110 valence electrons. The smallest absolute Gasteiger partial charge is 0.252 e. The topological polar surface area (TPSA) is 29.1 Å². The van der Waals surface area contributed by atoms with E-state index in [0.717, 1.165) is 5.56 Å². The highest BCUT2D eigenvalue weighted by molar-refractivity contribution is 6.19. The molecule has 4 heteroatoms. The molecule has 0 radical (unpaired) electrons. The maximum Gasteiger partial charge on any atom is 0.252 e. The van der Waals surface area contributed by atoms with Crippen molar-refractivity contribution in [1.29, 1.82) is 0 Å². The van der Waals surface area contributed by atoms with E-state index in [1.165, 1.54) is 6.07 Å². The van der Waals surface area contributed by atoms with Crippen LogP contribution in [-0.2, 0) is 5.54 Å². The van der Waals surface area contributed by atoms with Crippen LogP contribution in [0.3, 0.4) is 0 Å². The van der Waals surface area contributed by atoms with Crippen molar-refractivity contribution < 1.29 is 9.18 Å². The lowest BCUT2D eigenvalue weighted by atomic mass is 9.93. The third kappa shape index (κ3) is 3.42. The van der Waals surface area contributed by atoms with E-state index in [0.29, 0.717) is 5.56 Å². The number of carbonyl (C=O) groups excluding carboxylic acids is 1. The zero-order chi connectivity index (χ0) is 15.5. The van der Waals surface area contributed by atoms with Gasteiger partial charge in [0.05, 0.1) is 5.54 Å². The fourth-order valence-corrected chi connectivity index (χ4v) is 2.27. The lowest BCUT2D eigenvalue weighted by molar-refractivity contribution is 0.0912. The molecule has 0 aliphatic carbocycles. The van der Waals surface area contributed by atoms with E-state index >= 15 is 0 Å². The number of carbonyl (C=O) groups is 1. The van der Waals surface area contributed by atoms with Crippen molar-refractivity contribution >= 4 is 17.5 Å². The number of rotatable bonds is 4. The highest BCUT2D eigenvalue weighted by Gasteiger charge is 2.28. The summed E-state index contributed by atoms with van der Waals surface area (Å²) in [4.78, 5) is 12.3. The maximum atomic E-state index is 13.6. The second-order valence-electron chi connectivity index (χ2n) is 5.25. The van der Waals surface area contributed by atoms with E-state index in [-0.39, 0.29) is 17.4 Å². The molecule has 1 amide bonds. The molecule has 0 fully saturated rings. The van der Waals surface area contributed by atoms with Crippen LogP contribution >= 0.6 is 11.6 Å². The van der Waals surface area contributed by atoms with Crippen LogP contribution in [0.5, 0.6) is 0 Å². The Labute approximate surface area is 128 Å². The van der Waals surface area contributed by atoms with Crippen molar-refractivity contribution in [2.24, 2.45) is 0 Å². The van der Waals surface area contributed by atoms with Gasteiger partial charge in [0.2, 0.25) is 0 Å². The van der Waals surface area contributed by atoms with Crippen LogP contribution in [0.1, 0.15) is 28.4 Å². The molecule has 0 aliphatic rings. The molecule has 21 heavy (non-hydrogen) atoms. The maximum absolute atomic E-state index is 13.6. The highest BCUT2D eigenvalue weighted by Crippen LogP contribution is 2.23. The van der Waals surface area contributed by atoms with Gasteiger partial charge in [-0.05, 0) is 37.1 Å². The Kier molecular flexibility index (Phi) is 4.63.